The zero-order chi connectivity index (χ0) is 15.9. The first-order chi connectivity index (χ1) is 11.3. The summed E-state index contributed by atoms with van der Waals surface area (Å²) < 4.78 is 1.91. The molecule has 1 aromatic carbocycles. The highest BCUT2D eigenvalue weighted by Gasteiger charge is 2.05. The Bertz CT molecular complexity index is 748. The Hall–Kier alpha value is -2.67. The van der Waals surface area contributed by atoms with Gasteiger partial charge in [0.2, 0.25) is 0 Å². The van der Waals surface area contributed by atoms with Gasteiger partial charge < -0.3 is 11.1 Å². The number of nitrogens with zero attached hydrogens (tertiary/aromatic N) is 4. The number of benzene rings is 1. The number of hydrogen-bond acceptors (Lipinski definition) is 4. The molecular formula is C16H18N6S. The molecular weight excluding hydrogens is 308 g/mol. The lowest BCUT2D eigenvalue weighted by molar-refractivity contribution is 0.826. The number of aromatic nitrogens is 3. The summed E-state index contributed by atoms with van der Waals surface area (Å²) in [6, 6.07) is 14.1. The van der Waals surface area contributed by atoms with Crippen molar-refractivity contribution in [2.45, 2.75) is 13.0 Å². The van der Waals surface area contributed by atoms with Gasteiger partial charge in [-0.1, -0.05) is 24.3 Å². The maximum atomic E-state index is 5.90. The van der Waals surface area contributed by atoms with Gasteiger partial charge in [-0.3, -0.25) is 4.57 Å². The van der Waals surface area contributed by atoms with Crippen LogP contribution in [0.25, 0.3) is 5.69 Å². The van der Waals surface area contributed by atoms with Gasteiger partial charge in [0.15, 0.2) is 11.8 Å². The lowest BCUT2D eigenvalue weighted by Crippen LogP contribution is -2.33. The van der Waals surface area contributed by atoms with Crippen LogP contribution in [0, 0.1) is 0 Å². The monoisotopic (exact) mass is 326 g/mol. The van der Waals surface area contributed by atoms with Gasteiger partial charge in [-0.2, -0.15) is 0 Å². The summed E-state index contributed by atoms with van der Waals surface area (Å²) >= 11 is 1.74. The van der Waals surface area contributed by atoms with Crippen LogP contribution in [0.1, 0.15) is 10.7 Å². The molecule has 7 heteroatoms. The summed E-state index contributed by atoms with van der Waals surface area (Å²) in [6.07, 6.45) is 2.62. The summed E-state index contributed by atoms with van der Waals surface area (Å²) in [6.45, 7) is 1.15. The van der Waals surface area contributed by atoms with E-state index < -0.39 is 0 Å². The number of rotatable bonds is 6. The normalized spacial score (nSPS) is 11.6. The highest BCUT2D eigenvalue weighted by Crippen LogP contribution is 2.10. The SMILES string of the molecule is NC(=NCc1nncn1-c1ccccc1)NCCc1cccs1. The molecule has 0 saturated carbocycles. The predicted octanol–water partition coefficient (Wildman–Crippen LogP) is 1.98. The van der Waals surface area contributed by atoms with Gasteiger partial charge in [-0.05, 0) is 30.0 Å². The fraction of sp³-hybridized carbons (Fsp3) is 0.188. The standard InChI is InChI=1S/C16H18N6S/c17-16(18-9-8-14-7-4-10-23-14)19-11-15-21-20-12-22(15)13-5-2-1-3-6-13/h1-7,10,12H,8-9,11H2,(H3,17,18,19). The molecule has 0 aliphatic rings. The lowest BCUT2D eigenvalue weighted by atomic mass is 10.3. The Labute approximate surface area is 138 Å². The number of guanidine groups is 1. The van der Waals surface area contributed by atoms with E-state index in [1.807, 2.05) is 41.0 Å². The Morgan fingerprint density at radius 3 is 2.87 bits per heavy atom. The second kappa shape index (κ2) is 7.55. The largest absolute Gasteiger partial charge is 0.370 e. The van der Waals surface area contributed by atoms with Gasteiger partial charge in [-0.15, -0.1) is 21.5 Å². The topological polar surface area (TPSA) is 81.1 Å². The van der Waals surface area contributed by atoms with E-state index in [0.717, 1.165) is 24.5 Å². The minimum Gasteiger partial charge on any atom is -0.370 e. The third-order valence-corrected chi connectivity index (χ3v) is 4.24. The summed E-state index contributed by atoms with van der Waals surface area (Å²) in [4.78, 5) is 5.66. The third kappa shape index (κ3) is 4.17. The minimum atomic E-state index is 0.382. The molecule has 0 bridgehead atoms. The first kappa shape index (κ1) is 15.2. The summed E-state index contributed by atoms with van der Waals surface area (Å²) in [5.74, 6) is 1.17. The van der Waals surface area contributed by atoms with Gasteiger partial charge in [0, 0.05) is 17.1 Å². The van der Waals surface area contributed by atoms with Crippen molar-refractivity contribution in [2.75, 3.05) is 6.54 Å². The molecule has 0 atom stereocenters. The molecule has 2 aromatic heterocycles. The molecule has 0 aliphatic carbocycles. The maximum absolute atomic E-state index is 5.90. The lowest BCUT2D eigenvalue weighted by Gasteiger charge is -2.06. The Morgan fingerprint density at radius 1 is 1.22 bits per heavy atom. The van der Waals surface area contributed by atoms with E-state index in [4.69, 9.17) is 5.73 Å². The molecule has 0 unspecified atom stereocenters. The summed E-state index contributed by atoms with van der Waals surface area (Å²) in [5.41, 5.74) is 6.91. The van der Waals surface area contributed by atoms with Crippen LogP contribution in [0.5, 0.6) is 0 Å². The summed E-state index contributed by atoms with van der Waals surface area (Å²) in [7, 11) is 0. The maximum Gasteiger partial charge on any atom is 0.189 e. The first-order valence-corrected chi connectivity index (χ1v) is 8.21. The van der Waals surface area contributed by atoms with Crippen molar-refractivity contribution in [1.29, 1.82) is 0 Å². The molecule has 3 rings (SSSR count). The van der Waals surface area contributed by atoms with Gasteiger partial charge in [0.05, 0.1) is 0 Å². The van der Waals surface area contributed by atoms with Crippen molar-refractivity contribution in [3.63, 3.8) is 0 Å². The molecule has 0 aliphatic heterocycles. The van der Waals surface area contributed by atoms with E-state index >= 15 is 0 Å². The van der Waals surface area contributed by atoms with Crippen molar-refractivity contribution < 1.29 is 0 Å². The molecule has 118 valence electrons. The van der Waals surface area contributed by atoms with Crippen molar-refractivity contribution in [2.24, 2.45) is 10.7 Å². The van der Waals surface area contributed by atoms with Gasteiger partial charge in [0.1, 0.15) is 12.9 Å². The average Bonchev–Trinajstić information content (AvgIpc) is 3.25. The highest BCUT2D eigenvalue weighted by atomic mass is 32.1. The van der Waals surface area contributed by atoms with Gasteiger partial charge >= 0.3 is 0 Å². The molecule has 0 spiro atoms. The predicted molar refractivity (Wildman–Crippen MR) is 92.7 cm³/mol. The van der Waals surface area contributed by atoms with Gasteiger partial charge in [-0.25, -0.2) is 4.99 Å². The number of nitrogens with two attached hydrogens (primary N) is 1. The van der Waals surface area contributed by atoms with E-state index in [1.165, 1.54) is 4.88 Å². The molecule has 23 heavy (non-hydrogen) atoms. The molecule has 2 heterocycles. The van der Waals surface area contributed by atoms with Crippen LogP contribution >= 0.6 is 11.3 Å². The number of hydrogen-bond donors (Lipinski definition) is 2. The molecule has 0 saturated heterocycles. The van der Waals surface area contributed by atoms with E-state index in [9.17, 15) is 0 Å². The Balaban J connectivity index is 1.56. The Kier molecular flexibility index (Phi) is 5.00. The van der Waals surface area contributed by atoms with Crippen LogP contribution in [0.15, 0.2) is 59.2 Å². The zero-order valence-corrected chi connectivity index (χ0v) is 13.4. The second-order valence-electron chi connectivity index (χ2n) is 4.91. The smallest absolute Gasteiger partial charge is 0.189 e. The number of aliphatic imine (C=N–C) groups is 1. The highest BCUT2D eigenvalue weighted by molar-refractivity contribution is 7.09. The van der Waals surface area contributed by atoms with Crippen LogP contribution in [0.4, 0.5) is 0 Å². The molecule has 3 aromatic rings. The van der Waals surface area contributed by atoms with E-state index in [-0.39, 0.29) is 0 Å². The van der Waals surface area contributed by atoms with Crippen molar-refractivity contribution in [3.8, 4) is 5.69 Å². The van der Waals surface area contributed by atoms with Gasteiger partial charge in [0.25, 0.3) is 0 Å². The molecule has 0 fully saturated rings. The second-order valence-corrected chi connectivity index (χ2v) is 5.94. The fourth-order valence-corrected chi connectivity index (χ4v) is 2.86. The first-order valence-electron chi connectivity index (χ1n) is 7.33. The van der Waals surface area contributed by atoms with Crippen molar-refractivity contribution in [3.05, 3.63) is 64.9 Å². The molecule has 0 amide bonds. The third-order valence-electron chi connectivity index (χ3n) is 3.30. The molecule has 3 N–H and O–H groups in total. The zero-order valence-electron chi connectivity index (χ0n) is 12.6. The number of para-hydroxylation sites is 1. The van der Waals surface area contributed by atoms with Crippen LogP contribution in [0.3, 0.4) is 0 Å². The average molecular weight is 326 g/mol. The molecule has 6 nitrogen and oxygen atoms in total. The van der Waals surface area contributed by atoms with E-state index in [1.54, 1.807) is 17.7 Å². The summed E-state index contributed by atoms with van der Waals surface area (Å²) in [5, 5.41) is 13.3. The number of nitrogens with one attached hydrogen (secondary N) is 1. The minimum absolute atomic E-state index is 0.382. The van der Waals surface area contributed by atoms with Crippen molar-refractivity contribution >= 4 is 17.3 Å². The van der Waals surface area contributed by atoms with E-state index in [0.29, 0.717) is 12.5 Å². The number of thiophene rings is 1. The quantitative estimate of drug-likeness (QED) is 0.536. The van der Waals surface area contributed by atoms with Crippen molar-refractivity contribution in [1.82, 2.24) is 20.1 Å². The van der Waals surface area contributed by atoms with Crippen LogP contribution in [-0.2, 0) is 13.0 Å². The fourth-order valence-electron chi connectivity index (χ4n) is 2.15. The molecule has 0 radical (unpaired) electrons. The van der Waals surface area contributed by atoms with Crippen LogP contribution in [0.2, 0.25) is 0 Å². The van der Waals surface area contributed by atoms with E-state index in [2.05, 4.69) is 32.0 Å². The van der Waals surface area contributed by atoms with Crippen LogP contribution < -0.4 is 11.1 Å². The Morgan fingerprint density at radius 2 is 2.09 bits per heavy atom. The van der Waals surface area contributed by atoms with Crippen LogP contribution in [-0.4, -0.2) is 27.3 Å².